The molecule has 0 N–H and O–H groups in total. The van der Waals surface area contributed by atoms with E-state index in [1.807, 2.05) is 17.0 Å². The smallest absolute Gasteiger partial charge is 0.223 e. The molecule has 2 rings (SSSR count). The van der Waals surface area contributed by atoms with Gasteiger partial charge in [0.2, 0.25) is 5.91 Å². The predicted octanol–water partition coefficient (Wildman–Crippen LogP) is 1.48. The van der Waals surface area contributed by atoms with Crippen molar-refractivity contribution >= 4 is 5.91 Å². The van der Waals surface area contributed by atoms with Gasteiger partial charge in [0.1, 0.15) is 0 Å². The van der Waals surface area contributed by atoms with Crippen LogP contribution in [0.5, 0.6) is 0 Å². The van der Waals surface area contributed by atoms with E-state index in [0.29, 0.717) is 38.6 Å². The summed E-state index contributed by atoms with van der Waals surface area (Å²) >= 11 is 0. The normalized spacial score (nSPS) is 18.1. The molecule has 1 aromatic heterocycles. The maximum Gasteiger partial charge on any atom is 0.223 e. The zero-order valence-corrected chi connectivity index (χ0v) is 12.0. The summed E-state index contributed by atoms with van der Waals surface area (Å²) in [5.74, 6) is 0.541. The van der Waals surface area contributed by atoms with Crippen LogP contribution in [0.3, 0.4) is 0 Å². The Morgan fingerprint density at radius 2 is 2.30 bits per heavy atom. The van der Waals surface area contributed by atoms with Gasteiger partial charge in [-0.05, 0) is 30.0 Å². The van der Waals surface area contributed by atoms with Crippen LogP contribution >= 0.6 is 0 Å². The number of carbonyl (C=O) groups excluding carboxylic acids is 1. The van der Waals surface area contributed by atoms with Crippen molar-refractivity contribution in [1.82, 2.24) is 9.88 Å². The number of ether oxygens (including phenoxy) is 2. The molecule has 110 valence electrons. The molecule has 2 heterocycles. The topological polar surface area (TPSA) is 51.7 Å². The molecule has 0 radical (unpaired) electrons. The molecular weight excluding hydrogens is 256 g/mol. The van der Waals surface area contributed by atoms with Crippen molar-refractivity contribution in [3.8, 4) is 0 Å². The maximum atomic E-state index is 12.4. The third-order valence-electron chi connectivity index (χ3n) is 3.53. The van der Waals surface area contributed by atoms with Crippen molar-refractivity contribution < 1.29 is 14.3 Å². The lowest BCUT2D eigenvalue weighted by molar-refractivity contribution is -0.133. The van der Waals surface area contributed by atoms with Crippen LogP contribution in [0.25, 0.3) is 0 Å². The van der Waals surface area contributed by atoms with Crippen LogP contribution in [-0.4, -0.2) is 49.3 Å². The van der Waals surface area contributed by atoms with Crippen LogP contribution in [0.4, 0.5) is 0 Å². The SMILES string of the molecule is COCCN(Cc1ccncc1)C(=O)C[C@H]1CCOC1. The summed E-state index contributed by atoms with van der Waals surface area (Å²) in [6.45, 7) is 3.26. The predicted molar refractivity (Wildman–Crippen MR) is 75.1 cm³/mol. The molecule has 1 aliphatic rings. The summed E-state index contributed by atoms with van der Waals surface area (Å²) in [6, 6.07) is 3.87. The first-order valence-electron chi connectivity index (χ1n) is 7.03. The number of aromatic nitrogens is 1. The van der Waals surface area contributed by atoms with Gasteiger partial charge in [-0.25, -0.2) is 0 Å². The van der Waals surface area contributed by atoms with Crippen LogP contribution < -0.4 is 0 Å². The molecule has 0 bridgehead atoms. The number of nitrogens with zero attached hydrogens (tertiary/aromatic N) is 2. The number of rotatable bonds is 7. The Morgan fingerprint density at radius 3 is 2.95 bits per heavy atom. The number of pyridine rings is 1. The minimum atomic E-state index is 0.175. The van der Waals surface area contributed by atoms with Gasteiger partial charge in [-0.15, -0.1) is 0 Å². The van der Waals surface area contributed by atoms with Gasteiger partial charge in [0.15, 0.2) is 0 Å². The average molecular weight is 278 g/mol. The molecule has 0 saturated carbocycles. The van der Waals surface area contributed by atoms with Crippen molar-refractivity contribution in [3.63, 3.8) is 0 Å². The first kappa shape index (κ1) is 14.9. The third-order valence-corrected chi connectivity index (χ3v) is 3.53. The quantitative estimate of drug-likeness (QED) is 0.758. The Bertz CT molecular complexity index is 405. The number of hydrogen-bond acceptors (Lipinski definition) is 4. The molecule has 5 nitrogen and oxygen atoms in total. The summed E-state index contributed by atoms with van der Waals surface area (Å²) in [7, 11) is 1.65. The molecule has 1 amide bonds. The lowest BCUT2D eigenvalue weighted by atomic mass is 10.0. The Morgan fingerprint density at radius 1 is 1.50 bits per heavy atom. The van der Waals surface area contributed by atoms with E-state index in [-0.39, 0.29) is 5.91 Å². The summed E-state index contributed by atoms with van der Waals surface area (Å²) in [6.07, 6.45) is 5.05. The van der Waals surface area contributed by atoms with Gasteiger partial charge in [0, 0.05) is 52.2 Å². The van der Waals surface area contributed by atoms with E-state index in [2.05, 4.69) is 4.98 Å². The first-order chi connectivity index (χ1) is 9.79. The molecular formula is C15H22N2O3. The largest absolute Gasteiger partial charge is 0.383 e. The van der Waals surface area contributed by atoms with E-state index in [4.69, 9.17) is 9.47 Å². The van der Waals surface area contributed by atoms with Crippen molar-refractivity contribution in [1.29, 1.82) is 0 Å². The maximum absolute atomic E-state index is 12.4. The van der Waals surface area contributed by atoms with E-state index in [0.717, 1.165) is 18.6 Å². The van der Waals surface area contributed by atoms with E-state index in [1.165, 1.54) is 0 Å². The number of methoxy groups -OCH3 is 1. The highest BCUT2D eigenvalue weighted by atomic mass is 16.5. The number of carbonyl (C=O) groups is 1. The lowest BCUT2D eigenvalue weighted by Crippen LogP contribution is -2.34. The van der Waals surface area contributed by atoms with Gasteiger partial charge in [-0.3, -0.25) is 9.78 Å². The average Bonchev–Trinajstić information content (AvgIpc) is 2.97. The fourth-order valence-corrected chi connectivity index (χ4v) is 2.32. The fraction of sp³-hybridized carbons (Fsp3) is 0.600. The molecule has 1 aromatic rings. The summed E-state index contributed by atoms with van der Waals surface area (Å²) in [4.78, 5) is 18.3. The van der Waals surface area contributed by atoms with Crippen molar-refractivity contribution in [2.24, 2.45) is 5.92 Å². The number of hydrogen-bond donors (Lipinski definition) is 0. The van der Waals surface area contributed by atoms with Crippen LogP contribution in [0.1, 0.15) is 18.4 Å². The van der Waals surface area contributed by atoms with E-state index >= 15 is 0 Å². The number of amides is 1. The highest BCUT2D eigenvalue weighted by Gasteiger charge is 2.22. The van der Waals surface area contributed by atoms with E-state index in [9.17, 15) is 4.79 Å². The van der Waals surface area contributed by atoms with E-state index in [1.54, 1.807) is 19.5 Å². The van der Waals surface area contributed by atoms with Crippen LogP contribution in [0.15, 0.2) is 24.5 Å². The van der Waals surface area contributed by atoms with Crippen molar-refractivity contribution in [3.05, 3.63) is 30.1 Å². The van der Waals surface area contributed by atoms with Crippen molar-refractivity contribution in [2.45, 2.75) is 19.4 Å². The van der Waals surface area contributed by atoms with Gasteiger partial charge in [-0.2, -0.15) is 0 Å². The fourth-order valence-electron chi connectivity index (χ4n) is 2.32. The van der Waals surface area contributed by atoms with Crippen LogP contribution in [0.2, 0.25) is 0 Å². The zero-order chi connectivity index (χ0) is 14.2. The molecule has 0 unspecified atom stereocenters. The summed E-state index contributed by atoms with van der Waals surface area (Å²) < 4.78 is 10.4. The highest BCUT2D eigenvalue weighted by molar-refractivity contribution is 5.76. The lowest BCUT2D eigenvalue weighted by Gasteiger charge is -2.23. The molecule has 20 heavy (non-hydrogen) atoms. The molecule has 1 aliphatic heterocycles. The van der Waals surface area contributed by atoms with Gasteiger partial charge < -0.3 is 14.4 Å². The second kappa shape index (κ2) is 7.97. The van der Waals surface area contributed by atoms with E-state index < -0.39 is 0 Å². The molecule has 1 fully saturated rings. The van der Waals surface area contributed by atoms with Crippen LogP contribution in [0, 0.1) is 5.92 Å². The van der Waals surface area contributed by atoms with Gasteiger partial charge in [0.05, 0.1) is 6.61 Å². The highest BCUT2D eigenvalue weighted by Crippen LogP contribution is 2.18. The molecule has 0 aromatic carbocycles. The Hall–Kier alpha value is -1.46. The standard InChI is InChI=1S/C15H22N2O3/c1-19-9-7-17(11-13-2-5-16-6-3-13)15(18)10-14-4-8-20-12-14/h2-3,5-6,14H,4,7-12H2,1H3/t14-/m1/s1. The molecule has 1 atom stereocenters. The minimum Gasteiger partial charge on any atom is -0.383 e. The minimum absolute atomic E-state index is 0.175. The summed E-state index contributed by atoms with van der Waals surface area (Å²) in [5, 5.41) is 0. The monoisotopic (exact) mass is 278 g/mol. The van der Waals surface area contributed by atoms with Gasteiger partial charge >= 0.3 is 0 Å². The van der Waals surface area contributed by atoms with Gasteiger partial charge in [-0.1, -0.05) is 0 Å². The molecule has 0 spiro atoms. The molecule has 5 heteroatoms. The molecule has 0 aliphatic carbocycles. The van der Waals surface area contributed by atoms with Crippen molar-refractivity contribution in [2.75, 3.05) is 33.5 Å². The second-order valence-electron chi connectivity index (χ2n) is 5.10. The zero-order valence-electron chi connectivity index (χ0n) is 12.0. The Labute approximate surface area is 119 Å². The third kappa shape index (κ3) is 4.58. The Balaban J connectivity index is 1.92. The Kier molecular flexibility index (Phi) is 5.95. The van der Waals surface area contributed by atoms with Crippen LogP contribution in [-0.2, 0) is 20.8 Å². The second-order valence-corrected chi connectivity index (χ2v) is 5.10. The first-order valence-corrected chi connectivity index (χ1v) is 7.03. The van der Waals surface area contributed by atoms with Gasteiger partial charge in [0.25, 0.3) is 0 Å². The summed E-state index contributed by atoms with van der Waals surface area (Å²) in [5.41, 5.74) is 1.09. The molecule has 1 saturated heterocycles.